The second kappa shape index (κ2) is 7.33. The molecule has 0 aliphatic carbocycles. The topological polar surface area (TPSA) is 62.7 Å². The first-order chi connectivity index (χ1) is 12.3. The lowest BCUT2D eigenvalue weighted by atomic mass is 10.00. The molecule has 0 radical (unpaired) electrons. The van der Waals surface area contributed by atoms with Gasteiger partial charge < -0.3 is 9.84 Å². The van der Waals surface area contributed by atoms with Crippen LogP contribution in [0.15, 0.2) is 42.6 Å². The van der Waals surface area contributed by atoms with Crippen LogP contribution in [0.4, 0.5) is 13.2 Å². The van der Waals surface area contributed by atoms with Crippen molar-refractivity contribution in [3.63, 3.8) is 0 Å². The average Bonchev–Trinajstić information content (AvgIpc) is 2.56. The van der Waals surface area contributed by atoms with Crippen LogP contribution in [-0.2, 0) is 24.1 Å². The maximum Gasteiger partial charge on any atom is 0.433 e. The quantitative estimate of drug-likeness (QED) is 0.851. The van der Waals surface area contributed by atoms with E-state index in [0.29, 0.717) is 30.9 Å². The second-order valence-electron chi connectivity index (χ2n) is 6.21. The number of halogens is 3. The summed E-state index contributed by atoms with van der Waals surface area (Å²) in [6.45, 7) is 1.75. The number of carbonyl (C=O) groups is 1. The number of pyridine rings is 1. The molecule has 1 saturated heterocycles. The molecule has 1 N–H and O–H groups in total. The highest BCUT2D eigenvalue weighted by atomic mass is 19.4. The van der Waals surface area contributed by atoms with Gasteiger partial charge in [-0.1, -0.05) is 12.1 Å². The Labute approximate surface area is 148 Å². The molecule has 26 heavy (non-hydrogen) atoms. The summed E-state index contributed by atoms with van der Waals surface area (Å²) in [5.74, 6) is -0.513. The van der Waals surface area contributed by atoms with E-state index >= 15 is 0 Å². The van der Waals surface area contributed by atoms with Gasteiger partial charge in [0.15, 0.2) is 0 Å². The highest BCUT2D eigenvalue weighted by molar-refractivity contribution is 5.71. The number of rotatable bonds is 6. The third-order valence-corrected chi connectivity index (χ3v) is 4.16. The van der Waals surface area contributed by atoms with Crippen LogP contribution in [0, 0.1) is 5.92 Å². The summed E-state index contributed by atoms with van der Waals surface area (Å²) < 4.78 is 43.4. The summed E-state index contributed by atoms with van der Waals surface area (Å²) in [7, 11) is 0. The van der Waals surface area contributed by atoms with Crippen molar-refractivity contribution in [1.82, 2.24) is 9.88 Å². The second-order valence-corrected chi connectivity index (χ2v) is 6.21. The number of carboxylic acids is 1. The Hall–Kier alpha value is -2.61. The molecule has 138 valence electrons. The van der Waals surface area contributed by atoms with Gasteiger partial charge in [0.1, 0.15) is 18.1 Å². The SMILES string of the molecule is O=C(O)C1CN(Cc2ccc(OCc3ccnc(C(F)(F)F)c3)cc2)C1. The van der Waals surface area contributed by atoms with Crippen LogP contribution >= 0.6 is 0 Å². The van der Waals surface area contributed by atoms with E-state index in [1.807, 2.05) is 17.0 Å². The maximum absolute atomic E-state index is 12.6. The Balaban J connectivity index is 1.51. The Bertz CT molecular complexity index is 772. The number of hydrogen-bond acceptors (Lipinski definition) is 4. The molecule has 0 unspecified atom stereocenters. The zero-order chi connectivity index (χ0) is 18.7. The predicted molar refractivity (Wildman–Crippen MR) is 86.4 cm³/mol. The van der Waals surface area contributed by atoms with Crippen LogP contribution < -0.4 is 4.74 Å². The molecule has 0 bridgehead atoms. The fraction of sp³-hybridized carbons (Fsp3) is 0.333. The molecule has 2 heterocycles. The van der Waals surface area contributed by atoms with Crippen LogP contribution in [0.3, 0.4) is 0 Å². The third kappa shape index (κ3) is 4.51. The van der Waals surface area contributed by atoms with Crippen molar-refractivity contribution in [3.8, 4) is 5.75 Å². The van der Waals surface area contributed by atoms with E-state index in [1.54, 1.807) is 12.1 Å². The van der Waals surface area contributed by atoms with E-state index in [-0.39, 0.29) is 12.5 Å². The van der Waals surface area contributed by atoms with Gasteiger partial charge in [-0.25, -0.2) is 0 Å². The summed E-state index contributed by atoms with van der Waals surface area (Å²) >= 11 is 0. The standard InChI is InChI=1S/C18H17F3N2O3/c19-18(20,21)16-7-13(5-6-22-16)11-26-15-3-1-12(2-4-15)8-23-9-14(10-23)17(24)25/h1-7,14H,8-11H2,(H,24,25). The van der Waals surface area contributed by atoms with Gasteiger partial charge in [-0.05, 0) is 35.4 Å². The highest BCUT2D eigenvalue weighted by Crippen LogP contribution is 2.28. The van der Waals surface area contributed by atoms with Crippen molar-refractivity contribution in [3.05, 3.63) is 59.4 Å². The zero-order valence-electron chi connectivity index (χ0n) is 13.7. The van der Waals surface area contributed by atoms with Crippen LogP contribution in [0.25, 0.3) is 0 Å². The van der Waals surface area contributed by atoms with Crippen molar-refractivity contribution in [2.24, 2.45) is 5.92 Å². The minimum atomic E-state index is -4.48. The Morgan fingerprint density at radius 2 is 1.88 bits per heavy atom. The molecule has 1 fully saturated rings. The molecule has 8 heteroatoms. The van der Waals surface area contributed by atoms with Crippen molar-refractivity contribution < 1.29 is 27.8 Å². The molecule has 0 amide bonds. The van der Waals surface area contributed by atoms with Crippen molar-refractivity contribution in [2.45, 2.75) is 19.3 Å². The van der Waals surface area contributed by atoms with Gasteiger partial charge in [0, 0.05) is 25.8 Å². The molecular formula is C18H17F3N2O3. The molecule has 1 aliphatic rings. The number of likely N-dealkylation sites (tertiary alicyclic amines) is 1. The molecular weight excluding hydrogens is 349 g/mol. The first-order valence-electron chi connectivity index (χ1n) is 8.00. The van der Waals surface area contributed by atoms with Crippen molar-refractivity contribution in [1.29, 1.82) is 0 Å². The number of aliphatic carboxylic acids is 1. The van der Waals surface area contributed by atoms with E-state index in [4.69, 9.17) is 9.84 Å². The summed E-state index contributed by atoms with van der Waals surface area (Å²) in [6.07, 6.45) is -3.36. The van der Waals surface area contributed by atoms with E-state index in [0.717, 1.165) is 17.8 Å². The van der Waals surface area contributed by atoms with Gasteiger partial charge >= 0.3 is 12.1 Å². The average molecular weight is 366 g/mol. The largest absolute Gasteiger partial charge is 0.489 e. The fourth-order valence-corrected chi connectivity index (χ4v) is 2.69. The minimum Gasteiger partial charge on any atom is -0.489 e. The highest BCUT2D eigenvalue weighted by Gasteiger charge is 2.33. The maximum atomic E-state index is 12.6. The van der Waals surface area contributed by atoms with Gasteiger partial charge in [0.05, 0.1) is 5.92 Å². The molecule has 3 rings (SSSR count). The minimum absolute atomic E-state index is 0.0113. The summed E-state index contributed by atoms with van der Waals surface area (Å²) in [5.41, 5.74) is 0.462. The molecule has 2 aromatic rings. The Kier molecular flexibility index (Phi) is 5.13. The number of benzene rings is 1. The zero-order valence-corrected chi connectivity index (χ0v) is 13.7. The Morgan fingerprint density at radius 3 is 2.50 bits per heavy atom. The van der Waals surface area contributed by atoms with Crippen LogP contribution in [-0.4, -0.2) is 34.0 Å². The van der Waals surface area contributed by atoms with Gasteiger partial charge in [-0.2, -0.15) is 13.2 Å². The van der Waals surface area contributed by atoms with E-state index in [1.165, 1.54) is 6.07 Å². The van der Waals surface area contributed by atoms with E-state index < -0.39 is 17.8 Å². The van der Waals surface area contributed by atoms with Gasteiger partial charge in [0.25, 0.3) is 0 Å². The summed E-state index contributed by atoms with van der Waals surface area (Å²) in [5, 5.41) is 8.86. The van der Waals surface area contributed by atoms with Crippen molar-refractivity contribution in [2.75, 3.05) is 13.1 Å². The molecule has 0 atom stereocenters. The van der Waals surface area contributed by atoms with Gasteiger partial charge in [-0.3, -0.25) is 14.7 Å². The van der Waals surface area contributed by atoms with Gasteiger partial charge in [0.2, 0.25) is 0 Å². The number of hydrogen-bond donors (Lipinski definition) is 1. The van der Waals surface area contributed by atoms with Gasteiger partial charge in [-0.15, -0.1) is 0 Å². The summed E-state index contributed by atoms with van der Waals surface area (Å²) in [4.78, 5) is 16.1. The number of nitrogens with zero attached hydrogens (tertiary/aromatic N) is 2. The lowest BCUT2D eigenvalue weighted by molar-refractivity contribution is -0.147. The number of carboxylic acid groups (broad SMARTS) is 1. The van der Waals surface area contributed by atoms with E-state index in [2.05, 4.69) is 4.98 Å². The smallest absolute Gasteiger partial charge is 0.433 e. The van der Waals surface area contributed by atoms with E-state index in [9.17, 15) is 18.0 Å². The lowest BCUT2D eigenvalue weighted by Crippen LogP contribution is -2.49. The number of aromatic nitrogens is 1. The molecule has 5 nitrogen and oxygen atoms in total. The van der Waals surface area contributed by atoms with Crippen LogP contribution in [0.2, 0.25) is 0 Å². The first-order valence-corrected chi connectivity index (χ1v) is 8.00. The molecule has 1 aliphatic heterocycles. The molecule has 0 spiro atoms. The monoisotopic (exact) mass is 366 g/mol. The van der Waals surface area contributed by atoms with Crippen LogP contribution in [0.1, 0.15) is 16.8 Å². The summed E-state index contributed by atoms with van der Waals surface area (Å²) in [6, 6.07) is 9.66. The molecule has 1 aromatic carbocycles. The fourth-order valence-electron chi connectivity index (χ4n) is 2.69. The lowest BCUT2D eigenvalue weighted by Gasteiger charge is -2.36. The van der Waals surface area contributed by atoms with Crippen LogP contribution in [0.5, 0.6) is 5.75 Å². The predicted octanol–water partition coefficient (Wildman–Crippen LogP) is 3.20. The molecule has 1 aromatic heterocycles. The number of alkyl halides is 3. The van der Waals surface area contributed by atoms with Crippen molar-refractivity contribution >= 4 is 5.97 Å². The number of ether oxygens (including phenoxy) is 1. The Morgan fingerprint density at radius 1 is 1.19 bits per heavy atom. The normalized spacial score (nSPS) is 15.5. The first kappa shape index (κ1) is 18.2. The third-order valence-electron chi connectivity index (χ3n) is 4.16. The molecule has 0 saturated carbocycles.